The van der Waals surface area contributed by atoms with Crippen LogP contribution in [-0.2, 0) is 4.79 Å². The largest absolute Gasteiger partial charge is 0.319 e. The van der Waals surface area contributed by atoms with E-state index in [4.69, 9.17) is 0 Å². The van der Waals surface area contributed by atoms with Gasteiger partial charge in [-0.05, 0) is 42.0 Å². The van der Waals surface area contributed by atoms with E-state index in [1.54, 1.807) is 59.7 Å². The molecule has 0 bridgehead atoms. The molecule has 0 fully saturated rings. The minimum atomic E-state index is -0.314. The molecule has 114 valence electrons. The molecule has 3 rings (SSSR count). The first kappa shape index (κ1) is 14.6. The normalized spacial score (nSPS) is 10.8. The summed E-state index contributed by atoms with van der Waals surface area (Å²) in [6.45, 7) is 0. The summed E-state index contributed by atoms with van der Waals surface area (Å²) in [5.41, 5.74) is 1.28. The van der Waals surface area contributed by atoms with Crippen molar-refractivity contribution in [1.29, 1.82) is 0 Å². The van der Waals surface area contributed by atoms with Crippen molar-refractivity contribution in [2.45, 2.75) is 0 Å². The highest BCUT2D eigenvalue weighted by atomic mass is 19.1. The Labute approximate surface area is 132 Å². The van der Waals surface area contributed by atoms with Crippen LogP contribution in [0.15, 0.2) is 67.1 Å². The Kier molecular flexibility index (Phi) is 4.24. The van der Waals surface area contributed by atoms with Gasteiger partial charge in [-0.2, -0.15) is 5.10 Å². The lowest BCUT2D eigenvalue weighted by molar-refractivity contribution is -0.111. The zero-order valence-corrected chi connectivity index (χ0v) is 12.1. The number of benzene rings is 1. The third kappa shape index (κ3) is 3.68. The molecule has 1 amide bonds. The van der Waals surface area contributed by atoms with Crippen LogP contribution in [0.3, 0.4) is 0 Å². The van der Waals surface area contributed by atoms with Crippen molar-refractivity contribution < 1.29 is 9.18 Å². The quantitative estimate of drug-likeness (QED) is 0.754. The number of nitrogens with zero attached hydrogens (tertiary/aromatic N) is 3. The van der Waals surface area contributed by atoms with Gasteiger partial charge in [0.25, 0.3) is 0 Å². The van der Waals surface area contributed by atoms with Crippen molar-refractivity contribution in [2.75, 3.05) is 5.32 Å². The highest BCUT2D eigenvalue weighted by Crippen LogP contribution is 2.16. The highest BCUT2D eigenvalue weighted by Gasteiger charge is 2.07. The first-order valence-electron chi connectivity index (χ1n) is 6.92. The van der Waals surface area contributed by atoms with Gasteiger partial charge in [-0.1, -0.05) is 12.1 Å². The van der Waals surface area contributed by atoms with E-state index in [9.17, 15) is 9.18 Å². The number of rotatable bonds is 4. The molecule has 3 aromatic rings. The first-order valence-corrected chi connectivity index (χ1v) is 6.92. The SMILES string of the molecule is O=C(/C=C/c1ccc(F)cc1)Nc1cccnc1-n1cccn1. The van der Waals surface area contributed by atoms with E-state index in [1.807, 2.05) is 0 Å². The number of anilines is 1. The van der Waals surface area contributed by atoms with Gasteiger partial charge in [0.15, 0.2) is 5.82 Å². The molecule has 2 aromatic heterocycles. The molecule has 5 nitrogen and oxygen atoms in total. The van der Waals surface area contributed by atoms with E-state index in [0.29, 0.717) is 11.5 Å². The van der Waals surface area contributed by atoms with Gasteiger partial charge in [0.2, 0.25) is 5.91 Å². The minimum absolute atomic E-state index is 0.310. The molecular weight excluding hydrogens is 295 g/mol. The summed E-state index contributed by atoms with van der Waals surface area (Å²) >= 11 is 0. The van der Waals surface area contributed by atoms with Crippen molar-refractivity contribution in [3.8, 4) is 5.82 Å². The summed E-state index contributed by atoms with van der Waals surface area (Å²) in [6.07, 6.45) is 7.99. The number of carbonyl (C=O) groups is 1. The number of pyridine rings is 1. The molecular formula is C17H13FN4O. The van der Waals surface area contributed by atoms with Crippen molar-refractivity contribution in [2.24, 2.45) is 0 Å². The maximum atomic E-state index is 12.8. The van der Waals surface area contributed by atoms with E-state index in [-0.39, 0.29) is 11.7 Å². The monoisotopic (exact) mass is 308 g/mol. The Morgan fingerprint density at radius 1 is 1.13 bits per heavy atom. The Morgan fingerprint density at radius 2 is 1.96 bits per heavy atom. The van der Waals surface area contributed by atoms with Crippen molar-refractivity contribution in [3.05, 3.63) is 78.5 Å². The number of halogens is 1. The summed E-state index contributed by atoms with van der Waals surface area (Å²) in [6, 6.07) is 11.1. The van der Waals surface area contributed by atoms with Crippen LogP contribution in [0.1, 0.15) is 5.56 Å². The average molecular weight is 308 g/mol. The summed E-state index contributed by atoms with van der Waals surface area (Å²) in [5, 5.41) is 6.86. The fraction of sp³-hybridized carbons (Fsp3) is 0. The molecule has 1 N–H and O–H groups in total. The first-order chi connectivity index (χ1) is 11.2. The van der Waals surface area contributed by atoms with Crippen LogP contribution < -0.4 is 5.32 Å². The van der Waals surface area contributed by atoms with Gasteiger partial charge >= 0.3 is 0 Å². The summed E-state index contributed by atoms with van der Waals surface area (Å²) in [4.78, 5) is 16.3. The Morgan fingerprint density at radius 3 is 2.70 bits per heavy atom. The van der Waals surface area contributed by atoms with E-state index >= 15 is 0 Å². The minimum Gasteiger partial charge on any atom is -0.319 e. The van der Waals surface area contributed by atoms with Gasteiger partial charge in [0, 0.05) is 24.7 Å². The second-order valence-corrected chi connectivity index (χ2v) is 4.70. The van der Waals surface area contributed by atoms with E-state index in [1.165, 1.54) is 18.2 Å². The molecule has 2 heterocycles. The molecule has 6 heteroatoms. The van der Waals surface area contributed by atoms with Crippen LogP contribution in [0.2, 0.25) is 0 Å². The van der Waals surface area contributed by atoms with Crippen LogP contribution in [0.4, 0.5) is 10.1 Å². The molecule has 0 atom stereocenters. The third-order valence-electron chi connectivity index (χ3n) is 3.06. The number of amides is 1. The molecule has 1 aromatic carbocycles. The van der Waals surface area contributed by atoms with E-state index in [0.717, 1.165) is 5.56 Å². The predicted molar refractivity (Wildman–Crippen MR) is 85.4 cm³/mol. The lowest BCUT2D eigenvalue weighted by atomic mass is 10.2. The second kappa shape index (κ2) is 6.65. The zero-order chi connectivity index (χ0) is 16.1. The topological polar surface area (TPSA) is 59.8 Å². The third-order valence-corrected chi connectivity index (χ3v) is 3.06. The van der Waals surface area contributed by atoms with Gasteiger partial charge in [0.1, 0.15) is 5.82 Å². The van der Waals surface area contributed by atoms with Crippen LogP contribution in [-0.4, -0.2) is 20.7 Å². The van der Waals surface area contributed by atoms with E-state index < -0.39 is 0 Å². The predicted octanol–water partition coefficient (Wildman–Crippen LogP) is 3.06. The van der Waals surface area contributed by atoms with Crippen molar-refractivity contribution >= 4 is 17.7 Å². The van der Waals surface area contributed by atoms with Gasteiger partial charge in [-0.15, -0.1) is 0 Å². The summed E-state index contributed by atoms with van der Waals surface area (Å²) in [5.74, 6) is -0.0948. The van der Waals surface area contributed by atoms with Gasteiger partial charge in [-0.3, -0.25) is 4.79 Å². The lowest BCUT2D eigenvalue weighted by Crippen LogP contribution is -2.11. The second-order valence-electron chi connectivity index (χ2n) is 4.70. The highest BCUT2D eigenvalue weighted by molar-refractivity contribution is 6.02. The number of hydrogen-bond donors (Lipinski definition) is 1. The summed E-state index contributed by atoms with van der Waals surface area (Å²) < 4.78 is 14.4. The Balaban J connectivity index is 1.75. The number of hydrogen-bond acceptors (Lipinski definition) is 3. The molecule has 0 saturated heterocycles. The fourth-order valence-corrected chi connectivity index (χ4v) is 1.99. The molecule has 0 saturated carbocycles. The standard InChI is InChI=1S/C17H13FN4O/c18-14-7-4-13(5-8-14)6-9-16(23)21-15-3-1-10-19-17(15)22-12-2-11-20-22/h1-12H,(H,21,23)/b9-6+. The molecule has 0 aliphatic heterocycles. The van der Waals surface area contributed by atoms with Crippen LogP contribution in [0.5, 0.6) is 0 Å². The number of carbonyl (C=O) groups excluding carboxylic acids is 1. The lowest BCUT2D eigenvalue weighted by Gasteiger charge is -2.08. The van der Waals surface area contributed by atoms with Gasteiger partial charge in [0.05, 0.1) is 5.69 Å². The zero-order valence-electron chi connectivity index (χ0n) is 12.1. The smallest absolute Gasteiger partial charge is 0.248 e. The van der Waals surface area contributed by atoms with Crippen molar-refractivity contribution in [3.63, 3.8) is 0 Å². The van der Waals surface area contributed by atoms with Crippen LogP contribution >= 0.6 is 0 Å². The Bertz CT molecular complexity index is 826. The van der Waals surface area contributed by atoms with E-state index in [2.05, 4.69) is 15.4 Å². The Hall–Kier alpha value is -3.28. The van der Waals surface area contributed by atoms with Gasteiger partial charge < -0.3 is 5.32 Å². The number of nitrogens with one attached hydrogen (secondary N) is 1. The molecule has 0 aliphatic carbocycles. The average Bonchev–Trinajstić information content (AvgIpc) is 3.09. The molecule has 0 unspecified atom stereocenters. The maximum absolute atomic E-state index is 12.8. The molecule has 0 aliphatic rings. The molecule has 0 radical (unpaired) electrons. The molecule has 23 heavy (non-hydrogen) atoms. The maximum Gasteiger partial charge on any atom is 0.248 e. The summed E-state index contributed by atoms with van der Waals surface area (Å²) in [7, 11) is 0. The van der Waals surface area contributed by atoms with Crippen LogP contribution in [0.25, 0.3) is 11.9 Å². The van der Waals surface area contributed by atoms with Gasteiger partial charge in [-0.25, -0.2) is 14.1 Å². The van der Waals surface area contributed by atoms with Crippen molar-refractivity contribution in [1.82, 2.24) is 14.8 Å². The number of aromatic nitrogens is 3. The fourth-order valence-electron chi connectivity index (χ4n) is 1.99. The van der Waals surface area contributed by atoms with Crippen LogP contribution in [0, 0.1) is 5.82 Å². The molecule has 0 spiro atoms.